The summed E-state index contributed by atoms with van der Waals surface area (Å²) in [5.41, 5.74) is 1.71. The molecule has 1 unspecified atom stereocenters. The quantitative estimate of drug-likeness (QED) is 0.594. The molecule has 2 fully saturated rings. The lowest BCUT2D eigenvalue weighted by Crippen LogP contribution is -2.74. The van der Waals surface area contributed by atoms with Crippen LogP contribution in [0.15, 0.2) is 42.5 Å². The number of methoxy groups -OCH3 is 1. The van der Waals surface area contributed by atoms with Crippen molar-refractivity contribution in [2.45, 2.75) is 25.8 Å². The second-order valence-electron chi connectivity index (χ2n) is 9.73. The van der Waals surface area contributed by atoms with Gasteiger partial charge < -0.3 is 19.9 Å². The number of amides is 5. The number of nitrogens with zero attached hydrogens (tertiary/aromatic N) is 4. The van der Waals surface area contributed by atoms with Crippen molar-refractivity contribution in [3.8, 4) is 5.75 Å². The van der Waals surface area contributed by atoms with Gasteiger partial charge in [0, 0.05) is 51.5 Å². The van der Waals surface area contributed by atoms with E-state index in [4.69, 9.17) is 4.74 Å². The van der Waals surface area contributed by atoms with E-state index in [0.717, 1.165) is 26.7 Å². The number of piperazine rings is 1. The lowest BCUT2D eigenvalue weighted by atomic mass is 9.67. The second-order valence-corrected chi connectivity index (χ2v) is 9.73. The molecule has 0 aliphatic carbocycles. The Kier molecular flexibility index (Phi) is 7.29. The van der Waals surface area contributed by atoms with Crippen molar-refractivity contribution in [1.82, 2.24) is 9.80 Å². The summed E-state index contributed by atoms with van der Waals surface area (Å²) in [6.45, 7) is 3.37. The van der Waals surface area contributed by atoms with Gasteiger partial charge in [0.1, 0.15) is 5.75 Å². The highest BCUT2D eigenvalue weighted by Gasteiger charge is 2.64. The molecule has 5 amide bonds. The summed E-state index contributed by atoms with van der Waals surface area (Å²) < 4.78 is 5.59. The number of urea groups is 1. The van der Waals surface area contributed by atoms with Crippen molar-refractivity contribution in [3.63, 3.8) is 0 Å². The molecule has 0 saturated carbocycles. The highest BCUT2D eigenvalue weighted by Crippen LogP contribution is 2.48. The van der Waals surface area contributed by atoms with Gasteiger partial charge in [-0.25, -0.2) is 4.79 Å². The number of halogens is 1. The van der Waals surface area contributed by atoms with Crippen LogP contribution in [0.25, 0.3) is 0 Å². The third kappa shape index (κ3) is 4.03. The molecule has 11 heteroatoms. The number of rotatable bonds is 4. The Morgan fingerprint density at radius 2 is 1.71 bits per heavy atom. The van der Waals surface area contributed by atoms with Crippen molar-refractivity contribution in [3.05, 3.63) is 48.0 Å². The highest BCUT2D eigenvalue weighted by molar-refractivity contribution is 6.20. The lowest BCUT2D eigenvalue weighted by Gasteiger charge is -2.56. The normalized spacial score (nSPS) is 20.1. The van der Waals surface area contributed by atoms with Gasteiger partial charge in [-0.05, 0) is 42.3 Å². The van der Waals surface area contributed by atoms with Gasteiger partial charge in [-0.15, -0.1) is 12.4 Å². The van der Waals surface area contributed by atoms with Gasteiger partial charge in [-0.3, -0.25) is 24.2 Å². The Morgan fingerprint density at radius 1 is 1.03 bits per heavy atom. The molecule has 2 aromatic carbocycles. The maximum atomic E-state index is 13.9. The van der Waals surface area contributed by atoms with Gasteiger partial charge >= 0.3 is 6.03 Å². The molecule has 1 spiro atoms. The number of imide groups is 2. The average Bonchev–Trinajstić information content (AvgIpc) is 2.93. The molecule has 0 aromatic heterocycles. The summed E-state index contributed by atoms with van der Waals surface area (Å²) in [7, 11) is 4.47. The molecule has 2 saturated heterocycles. The van der Waals surface area contributed by atoms with Crippen LogP contribution in [0.3, 0.4) is 0 Å². The van der Waals surface area contributed by atoms with Gasteiger partial charge in [0.25, 0.3) is 0 Å². The number of hydrogen-bond acceptors (Lipinski definition) is 7. The Bertz CT molecular complexity index is 1280. The number of hydrogen-bond donors (Lipinski definition) is 1. The van der Waals surface area contributed by atoms with E-state index < -0.39 is 29.3 Å². The van der Waals surface area contributed by atoms with Gasteiger partial charge in [0.2, 0.25) is 17.7 Å². The summed E-state index contributed by atoms with van der Waals surface area (Å²) in [5, 5.41) is 2.87. The first-order valence-electron chi connectivity index (χ1n) is 12.4. The first kappa shape index (κ1) is 27.3. The highest BCUT2D eigenvalue weighted by atomic mass is 35.5. The summed E-state index contributed by atoms with van der Waals surface area (Å²) in [5.74, 6) is -0.427. The molecule has 10 nitrogen and oxygen atoms in total. The molecule has 0 radical (unpaired) electrons. The second kappa shape index (κ2) is 10.2. The number of nitrogens with one attached hydrogen (secondary N) is 1. The number of barbiturate groups is 1. The standard InChI is InChI=1S/C27H31N5O5.ClH/c1-5-23(33)28-18-10-11-19-17(14-18)15-27(24(34)29(2)26(36)30(3)25(27)35)22-16-31(12-13-32(19)22)20-8-6-7-9-21(20)37-4;/h6-11,14,22H,5,12-13,15-16H2,1-4H3,(H,28,33);1H. The maximum absolute atomic E-state index is 13.9. The largest absolute Gasteiger partial charge is 0.495 e. The number of fused-ring (bicyclic) bond motifs is 4. The minimum Gasteiger partial charge on any atom is -0.495 e. The molecule has 2 aromatic rings. The van der Waals surface area contributed by atoms with Crippen molar-refractivity contribution in [2.75, 3.05) is 56.0 Å². The summed E-state index contributed by atoms with van der Waals surface area (Å²) >= 11 is 0. The molecule has 1 N–H and O–H groups in total. The van der Waals surface area contributed by atoms with Gasteiger partial charge in [0.05, 0.1) is 18.8 Å². The van der Waals surface area contributed by atoms with Crippen LogP contribution in [-0.4, -0.2) is 80.4 Å². The molecule has 202 valence electrons. The van der Waals surface area contributed by atoms with E-state index in [1.807, 2.05) is 42.5 Å². The number of anilines is 3. The van der Waals surface area contributed by atoms with Crippen LogP contribution >= 0.6 is 12.4 Å². The summed E-state index contributed by atoms with van der Waals surface area (Å²) in [6.07, 6.45) is 0.460. The van der Waals surface area contributed by atoms with Crippen LogP contribution in [0.4, 0.5) is 21.9 Å². The number of ether oxygens (including phenoxy) is 1. The molecule has 5 rings (SSSR count). The van der Waals surface area contributed by atoms with Crippen molar-refractivity contribution in [1.29, 1.82) is 0 Å². The number of carbonyl (C=O) groups is 4. The smallest absolute Gasteiger partial charge is 0.332 e. The fourth-order valence-electron chi connectivity index (χ4n) is 5.88. The van der Waals surface area contributed by atoms with Gasteiger partial charge in [0.15, 0.2) is 5.41 Å². The molecule has 3 heterocycles. The zero-order valence-electron chi connectivity index (χ0n) is 21.9. The molecule has 3 aliphatic rings. The van der Waals surface area contributed by atoms with E-state index >= 15 is 0 Å². The van der Waals surface area contributed by atoms with Crippen LogP contribution in [0.1, 0.15) is 18.9 Å². The summed E-state index contributed by atoms with van der Waals surface area (Å²) in [4.78, 5) is 58.9. The van der Waals surface area contributed by atoms with E-state index in [1.165, 1.54) is 14.1 Å². The summed E-state index contributed by atoms with van der Waals surface area (Å²) in [6, 6.07) is 12.1. The predicted molar refractivity (Wildman–Crippen MR) is 146 cm³/mol. The Balaban J connectivity index is 0.00000336. The fraction of sp³-hybridized carbons (Fsp3) is 0.407. The maximum Gasteiger partial charge on any atom is 0.332 e. The third-order valence-corrected chi connectivity index (χ3v) is 7.78. The monoisotopic (exact) mass is 541 g/mol. The Labute approximate surface area is 227 Å². The van der Waals surface area contributed by atoms with Crippen molar-refractivity contribution in [2.24, 2.45) is 5.41 Å². The molecule has 1 atom stereocenters. The number of carbonyl (C=O) groups excluding carboxylic acids is 4. The van der Waals surface area contributed by atoms with Crippen LogP contribution < -0.4 is 19.9 Å². The third-order valence-electron chi connectivity index (χ3n) is 7.78. The van der Waals surface area contributed by atoms with Crippen LogP contribution in [0.2, 0.25) is 0 Å². The van der Waals surface area contributed by atoms with Gasteiger partial charge in [-0.2, -0.15) is 0 Å². The molecular weight excluding hydrogens is 510 g/mol. The molecular formula is C27H32ClN5O5. The van der Waals surface area contributed by atoms with Crippen LogP contribution in [-0.2, 0) is 20.8 Å². The first-order valence-corrected chi connectivity index (χ1v) is 12.4. The van der Waals surface area contributed by atoms with E-state index in [-0.39, 0.29) is 24.7 Å². The minimum absolute atomic E-state index is 0. The zero-order chi connectivity index (χ0) is 26.5. The topological polar surface area (TPSA) is 102 Å². The predicted octanol–water partition coefficient (Wildman–Crippen LogP) is 2.75. The molecule has 38 heavy (non-hydrogen) atoms. The SMILES string of the molecule is CCC(=O)Nc1ccc2c(c1)CC1(C(=O)N(C)C(=O)N(C)C1=O)C1CN(c3ccccc3OC)CCN21.Cl. The van der Waals surface area contributed by atoms with E-state index in [2.05, 4.69) is 15.1 Å². The van der Waals surface area contributed by atoms with Gasteiger partial charge in [-0.1, -0.05) is 19.1 Å². The van der Waals surface area contributed by atoms with Crippen molar-refractivity contribution >= 4 is 53.2 Å². The molecule has 3 aliphatic heterocycles. The fourth-order valence-corrected chi connectivity index (χ4v) is 5.88. The minimum atomic E-state index is -1.50. The van der Waals surface area contributed by atoms with E-state index in [1.54, 1.807) is 14.0 Å². The van der Waals surface area contributed by atoms with Crippen LogP contribution in [0.5, 0.6) is 5.75 Å². The zero-order valence-corrected chi connectivity index (χ0v) is 22.7. The Morgan fingerprint density at radius 3 is 2.37 bits per heavy atom. The number of benzene rings is 2. The Hall–Kier alpha value is -3.79. The molecule has 0 bridgehead atoms. The first-order chi connectivity index (χ1) is 17.7. The van der Waals surface area contributed by atoms with E-state index in [0.29, 0.717) is 37.5 Å². The van der Waals surface area contributed by atoms with Crippen LogP contribution in [0, 0.1) is 5.41 Å². The van der Waals surface area contributed by atoms with Crippen molar-refractivity contribution < 1.29 is 23.9 Å². The lowest BCUT2D eigenvalue weighted by molar-refractivity contribution is -0.159. The number of para-hydroxylation sites is 2. The average molecular weight is 542 g/mol. The van der Waals surface area contributed by atoms with E-state index in [9.17, 15) is 19.2 Å².